The van der Waals surface area contributed by atoms with Crippen molar-refractivity contribution < 1.29 is 9.53 Å². The molecule has 0 unspecified atom stereocenters. The fourth-order valence-corrected chi connectivity index (χ4v) is 4.72. The van der Waals surface area contributed by atoms with Crippen LogP contribution >= 0.6 is 0 Å². The smallest absolute Gasteiger partial charge is 0.409 e. The van der Waals surface area contributed by atoms with Crippen molar-refractivity contribution in [3.8, 4) is 11.1 Å². The highest BCUT2D eigenvalue weighted by Gasteiger charge is 2.30. The fourth-order valence-electron chi connectivity index (χ4n) is 4.72. The summed E-state index contributed by atoms with van der Waals surface area (Å²) in [4.78, 5) is 16.9. The van der Waals surface area contributed by atoms with E-state index in [-0.39, 0.29) is 12.0 Å². The average molecular weight is 391 g/mol. The molecule has 2 aromatic rings. The topological polar surface area (TPSA) is 32.8 Å². The quantitative estimate of drug-likeness (QED) is 0.667. The van der Waals surface area contributed by atoms with E-state index in [9.17, 15) is 4.79 Å². The van der Waals surface area contributed by atoms with Crippen LogP contribution in [0.1, 0.15) is 29.9 Å². The summed E-state index contributed by atoms with van der Waals surface area (Å²) in [6, 6.07) is 16.9. The highest BCUT2D eigenvalue weighted by Crippen LogP contribution is 2.44. The molecule has 4 heteroatoms. The van der Waals surface area contributed by atoms with Crippen molar-refractivity contribution >= 4 is 6.09 Å². The van der Waals surface area contributed by atoms with Crippen LogP contribution in [0.5, 0.6) is 0 Å². The molecule has 152 valence electrons. The van der Waals surface area contributed by atoms with Crippen molar-refractivity contribution in [2.45, 2.75) is 18.8 Å². The number of benzene rings is 2. The Morgan fingerprint density at radius 3 is 2.28 bits per heavy atom. The molecule has 1 heterocycles. The van der Waals surface area contributed by atoms with Crippen LogP contribution in [0.3, 0.4) is 0 Å². The lowest BCUT2D eigenvalue weighted by Gasteiger charge is -2.33. The number of likely N-dealkylation sites (tertiary alicyclic amines) is 1. The monoisotopic (exact) mass is 390 g/mol. The third-order valence-corrected chi connectivity index (χ3v) is 6.22. The minimum absolute atomic E-state index is 0.122. The Balaban J connectivity index is 1.33. The van der Waals surface area contributed by atoms with Gasteiger partial charge in [-0.15, -0.1) is 6.58 Å². The van der Waals surface area contributed by atoms with Gasteiger partial charge in [-0.2, -0.15) is 0 Å². The molecule has 1 saturated heterocycles. The number of carbonyl (C=O) groups excluding carboxylic acids is 1. The van der Waals surface area contributed by atoms with E-state index in [1.165, 1.54) is 22.3 Å². The number of piperidine rings is 1. The zero-order valence-corrected chi connectivity index (χ0v) is 17.2. The van der Waals surface area contributed by atoms with Crippen LogP contribution in [0, 0.1) is 5.92 Å². The molecule has 29 heavy (non-hydrogen) atoms. The molecule has 2 aromatic carbocycles. The zero-order valence-electron chi connectivity index (χ0n) is 17.2. The van der Waals surface area contributed by atoms with E-state index in [2.05, 4.69) is 67.1 Å². The van der Waals surface area contributed by atoms with E-state index in [4.69, 9.17) is 4.74 Å². The summed E-state index contributed by atoms with van der Waals surface area (Å²) in [6.45, 7) is 7.73. The van der Waals surface area contributed by atoms with Gasteiger partial charge in [-0.1, -0.05) is 54.6 Å². The highest BCUT2D eigenvalue weighted by molar-refractivity contribution is 5.79. The van der Waals surface area contributed by atoms with Crippen LogP contribution in [0.2, 0.25) is 0 Å². The van der Waals surface area contributed by atoms with Crippen molar-refractivity contribution in [3.05, 3.63) is 72.3 Å². The van der Waals surface area contributed by atoms with Crippen molar-refractivity contribution in [1.29, 1.82) is 0 Å². The summed E-state index contributed by atoms with van der Waals surface area (Å²) >= 11 is 0. The van der Waals surface area contributed by atoms with Crippen LogP contribution in [0.15, 0.2) is 61.2 Å². The largest absolute Gasteiger partial charge is 0.448 e. The van der Waals surface area contributed by atoms with Crippen LogP contribution in [-0.4, -0.2) is 55.7 Å². The molecule has 0 bridgehead atoms. The van der Waals surface area contributed by atoms with Gasteiger partial charge in [0.15, 0.2) is 0 Å². The number of hydrogen-bond acceptors (Lipinski definition) is 3. The Hall–Kier alpha value is -2.59. The molecule has 0 N–H and O–H groups in total. The maximum Gasteiger partial charge on any atom is 0.409 e. The minimum atomic E-state index is -0.176. The molecule has 0 atom stereocenters. The molecule has 0 radical (unpaired) electrons. The first-order valence-electron chi connectivity index (χ1n) is 10.6. The maximum absolute atomic E-state index is 12.7. The lowest BCUT2D eigenvalue weighted by molar-refractivity contribution is 0.0822. The van der Waals surface area contributed by atoms with E-state index >= 15 is 0 Å². The number of hydrogen-bond donors (Lipinski definition) is 0. The van der Waals surface area contributed by atoms with Gasteiger partial charge in [0, 0.05) is 32.1 Å². The second kappa shape index (κ2) is 8.83. The zero-order chi connectivity index (χ0) is 20.2. The summed E-state index contributed by atoms with van der Waals surface area (Å²) in [7, 11) is 2.12. The maximum atomic E-state index is 12.7. The number of carbonyl (C=O) groups is 1. The number of rotatable bonds is 6. The van der Waals surface area contributed by atoms with Gasteiger partial charge in [-0.3, -0.25) is 0 Å². The van der Waals surface area contributed by atoms with Gasteiger partial charge in [-0.05, 0) is 48.1 Å². The van der Waals surface area contributed by atoms with Gasteiger partial charge >= 0.3 is 6.09 Å². The van der Waals surface area contributed by atoms with E-state index < -0.39 is 0 Å². The molecule has 2 aliphatic rings. The first kappa shape index (κ1) is 19.7. The summed E-state index contributed by atoms with van der Waals surface area (Å²) in [6.07, 6.45) is 3.83. The van der Waals surface area contributed by atoms with Crippen LogP contribution in [0.25, 0.3) is 11.1 Å². The molecular formula is C25H30N2O2. The van der Waals surface area contributed by atoms with E-state index in [1.807, 2.05) is 11.0 Å². The lowest BCUT2D eigenvalue weighted by Crippen LogP contribution is -2.41. The van der Waals surface area contributed by atoms with E-state index in [0.717, 1.165) is 39.0 Å². The third kappa shape index (κ3) is 4.23. The Morgan fingerprint density at radius 1 is 1.10 bits per heavy atom. The molecule has 0 spiro atoms. The van der Waals surface area contributed by atoms with E-state index in [0.29, 0.717) is 12.5 Å². The molecule has 1 amide bonds. The molecule has 1 aliphatic heterocycles. The molecule has 0 saturated carbocycles. The predicted molar refractivity (Wildman–Crippen MR) is 117 cm³/mol. The minimum Gasteiger partial charge on any atom is -0.448 e. The van der Waals surface area contributed by atoms with Gasteiger partial charge in [0.05, 0.1) is 0 Å². The third-order valence-electron chi connectivity index (χ3n) is 6.22. The second-order valence-electron chi connectivity index (χ2n) is 8.24. The molecular weight excluding hydrogens is 360 g/mol. The normalized spacial score (nSPS) is 16.6. The van der Waals surface area contributed by atoms with Gasteiger partial charge in [0.1, 0.15) is 6.61 Å². The summed E-state index contributed by atoms with van der Waals surface area (Å²) in [5, 5.41) is 0. The highest BCUT2D eigenvalue weighted by atomic mass is 16.6. The number of ether oxygens (including phenoxy) is 1. The van der Waals surface area contributed by atoms with Crippen LogP contribution in [0.4, 0.5) is 4.79 Å². The standard InChI is InChI=1S/C25H30N2O2/c1-3-14-26(2)17-19-12-15-27(16-13-19)25(28)29-18-24-22-10-6-4-8-20(22)21-9-5-7-11-23(21)24/h3-11,19,24H,1,12-18H2,2H3. The number of nitrogens with zero attached hydrogens (tertiary/aromatic N) is 2. The summed E-state index contributed by atoms with van der Waals surface area (Å²) in [5.74, 6) is 0.758. The number of amides is 1. The van der Waals surface area contributed by atoms with Crippen molar-refractivity contribution in [3.63, 3.8) is 0 Å². The fraction of sp³-hybridized carbons (Fsp3) is 0.400. The predicted octanol–water partition coefficient (Wildman–Crippen LogP) is 4.77. The molecule has 4 nitrogen and oxygen atoms in total. The van der Waals surface area contributed by atoms with Crippen LogP contribution in [-0.2, 0) is 4.74 Å². The molecule has 0 aromatic heterocycles. The van der Waals surface area contributed by atoms with Crippen molar-refractivity contribution in [2.75, 3.05) is 39.8 Å². The molecule has 4 rings (SSSR count). The Morgan fingerprint density at radius 2 is 1.69 bits per heavy atom. The Bertz CT molecular complexity index is 825. The van der Waals surface area contributed by atoms with Crippen molar-refractivity contribution in [1.82, 2.24) is 9.80 Å². The number of fused-ring (bicyclic) bond motifs is 3. The molecule has 1 aliphatic carbocycles. The second-order valence-corrected chi connectivity index (χ2v) is 8.24. The summed E-state index contributed by atoms with van der Waals surface area (Å²) in [5.41, 5.74) is 5.03. The average Bonchev–Trinajstić information content (AvgIpc) is 3.06. The van der Waals surface area contributed by atoms with Crippen molar-refractivity contribution in [2.24, 2.45) is 5.92 Å². The Kier molecular flexibility index (Phi) is 6.00. The van der Waals surface area contributed by atoms with Gasteiger partial charge in [0.2, 0.25) is 0 Å². The summed E-state index contributed by atoms with van der Waals surface area (Å²) < 4.78 is 5.80. The lowest BCUT2D eigenvalue weighted by atomic mass is 9.96. The van der Waals surface area contributed by atoms with Gasteiger partial charge in [0.25, 0.3) is 0 Å². The van der Waals surface area contributed by atoms with Gasteiger partial charge in [-0.25, -0.2) is 4.79 Å². The first-order valence-corrected chi connectivity index (χ1v) is 10.6. The van der Waals surface area contributed by atoms with E-state index in [1.54, 1.807) is 0 Å². The first-order chi connectivity index (χ1) is 14.2. The SMILES string of the molecule is C=CCN(C)CC1CCN(C(=O)OCC2c3ccccc3-c3ccccc32)CC1. The molecule has 1 fully saturated rings. The van der Waals surface area contributed by atoms with Crippen LogP contribution < -0.4 is 0 Å². The van der Waals surface area contributed by atoms with Gasteiger partial charge < -0.3 is 14.5 Å². The Labute approximate surface area is 173 Å². The number of likely N-dealkylation sites (N-methyl/N-ethyl adjacent to an activating group) is 1.